The second-order valence-electron chi connectivity index (χ2n) is 16.6. The molecule has 0 fully saturated rings. The topological polar surface area (TPSA) is 0 Å². The fourth-order valence-electron chi connectivity index (χ4n) is 8.67. The van der Waals surface area contributed by atoms with Crippen LogP contribution in [0.4, 0.5) is 0 Å². The summed E-state index contributed by atoms with van der Waals surface area (Å²) in [5, 5.41) is 0. The van der Waals surface area contributed by atoms with Crippen molar-refractivity contribution in [3.05, 3.63) is 47.5 Å². The van der Waals surface area contributed by atoms with E-state index in [1.54, 1.807) is 47.5 Å². The van der Waals surface area contributed by atoms with Crippen molar-refractivity contribution in [2.75, 3.05) is 0 Å². The van der Waals surface area contributed by atoms with Gasteiger partial charge in [-0.05, 0) is 0 Å². The Hall–Kier alpha value is 0.397. The second kappa shape index (κ2) is 25.1. The van der Waals surface area contributed by atoms with Gasteiger partial charge in [0.25, 0.3) is 0 Å². The summed E-state index contributed by atoms with van der Waals surface area (Å²) in [6, 6.07) is 15.5. The van der Waals surface area contributed by atoms with Gasteiger partial charge in [0.1, 0.15) is 0 Å². The van der Waals surface area contributed by atoms with Gasteiger partial charge >= 0.3 is 362 Å². The fourth-order valence-corrected chi connectivity index (χ4v) is 51.9. The van der Waals surface area contributed by atoms with Gasteiger partial charge < -0.3 is 0 Å². The number of thiophene rings is 4. The molecule has 54 heavy (non-hydrogen) atoms. The molecule has 0 nitrogen and oxygen atoms in total. The molecule has 4 aromatic rings. The number of rotatable bonds is 29. The Morgan fingerprint density at radius 1 is 0.352 bits per heavy atom. The third-order valence-electron chi connectivity index (χ3n) is 12.2. The molecule has 302 valence electrons. The first-order chi connectivity index (χ1) is 26.4. The minimum atomic E-state index is -2.49. The summed E-state index contributed by atoms with van der Waals surface area (Å²) in [4.78, 5) is 9.29. The van der Waals surface area contributed by atoms with Crippen LogP contribution >= 0.6 is 45.3 Å². The Bertz CT molecular complexity index is 1440. The van der Waals surface area contributed by atoms with Gasteiger partial charge in [0.05, 0.1) is 0 Å². The normalized spacial score (nSPS) is 12.4. The quantitative estimate of drug-likeness (QED) is 0.0476. The number of unbranched alkanes of at least 4 members (excludes halogenated alkanes) is 8. The van der Waals surface area contributed by atoms with Crippen LogP contribution in [0.15, 0.2) is 36.4 Å². The molecule has 0 saturated heterocycles. The van der Waals surface area contributed by atoms with E-state index in [0.717, 1.165) is 0 Å². The molecule has 4 aromatic heterocycles. The van der Waals surface area contributed by atoms with E-state index < -0.39 is 36.8 Å². The van der Waals surface area contributed by atoms with Crippen LogP contribution in [0.25, 0.3) is 29.3 Å². The Morgan fingerprint density at radius 2 is 0.630 bits per heavy atom. The zero-order chi connectivity index (χ0) is 38.8. The summed E-state index contributed by atoms with van der Waals surface area (Å²) in [6.45, 7) is 19.2. The molecule has 0 unspecified atom stereocenters. The number of hydrogen-bond donors (Lipinski definition) is 0. The Balaban J connectivity index is 1.73. The molecule has 0 aliphatic rings. The van der Waals surface area contributed by atoms with E-state index in [1.807, 2.05) is 5.79 Å². The molecule has 0 N–H and O–H groups in total. The second-order valence-corrected chi connectivity index (χ2v) is 49.2. The zero-order valence-corrected chi connectivity index (χ0v) is 45.0. The predicted molar refractivity (Wildman–Crippen MR) is 261 cm³/mol. The summed E-state index contributed by atoms with van der Waals surface area (Å²) in [6.07, 6.45) is 24.4. The Labute approximate surface area is 358 Å². The SMILES string of the molecule is CCCCc1c[c]([Sn]([CH2]CCC)([CH2]CCC)[CH2]CCC)sc1-c1ccc(-c2ccc(-c3s[c]([Sn]([CH2]CCC)([CH2]CCC)[CH2]CCC)cc3CCCC)s2)s1. The van der Waals surface area contributed by atoms with Gasteiger partial charge in [-0.3, -0.25) is 0 Å². The predicted octanol–water partition coefficient (Wildman–Crippen LogP) is 17.7. The van der Waals surface area contributed by atoms with Crippen molar-refractivity contribution < 1.29 is 0 Å². The summed E-state index contributed by atoms with van der Waals surface area (Å²) >= 11 is 3.74. The van der Waals surface area contributed by atoms with E-state index in [4.69, 9.17) is 0 Å². The van der Waals surface area contributed by atoms with Crippen LogP contribution in [0.1, 0.15) is 169 Å². The van der Waals surface area contributed by atoms with E-state index in [0.29, 0.717) is 0 Å². The number of aryl methyl sites for hydroxylation is 2. The van der Waals surface area contributed by atoms with Crippen molar-refractivity contribution in [1.29, 1.82) is 0 Å². The van der Waals surface area contributed by atoms with E-state index in [1.165, 1.54) is 135 Å². The maximum atomic E-state index is 2.80. The van der Waals surface area contributed by atoms with Gasteiger partial charge in [0.15, 0.2) is 0 Å². The van der Waals surface area contributed by atoms with Crippen LogP contribution in [0, 0.1) is 0 Å². The van der Waals surface area contributed by atoms with Gasteiger partial charge in [-0.25, -0.2) is 0 Å². The van der Waals surface area contributed by atoms with Gasteiger partial charge in [0.2, 0.25) is 0 Å². The third kappa shape index (κ3) is 12.7. The summed E-state index contributed by atoms with van der Waals surface area (Å²) < 4.78 is 13.2. The van der Waals surface area contributed by atoms with Crippen molar-refractivity contribution in [3.63, 3.8) is 0 Å². The van der Waals surface area contributed by atoms with E-state index in [2.05, 4.69) is 137 Å². The number of hydrogen-bond acceptors (Lipinski definition) is 4. The molecule has 0 atom stereocenters. The zero-order valence-electron chi connectivity index (χ0n) is 36.1. The minimum absolute atomic E-state index is 1.25. The Kier molecular flexibility index (Phi) is 21.9. The molecular formula is C48H78S4Sn2. The van der Waals surface area contributed by atoms with Crippen LogP contribution < -0.4 is 5.79 Å². The van der Waals surface area contributed by atoms with Gasteiger partial charge in [-0.1, -0.05) is 0 Å². The molecular weight excluding hydrogens is 942 g/mol. The van der Waals surface area contributed by atoms with Crippen LogP contribution in [-0.4, -0.2) is 36.8 Å². The fraction of sp³-hybridized carbons (Fsp3) is 0.667. The first-order valence-electron chi connectivity index (χ1n) is 22.8. The molecule has 0 aliphatic carbocycles. The van der Waals surface area contributed by atoms with Crippen LogP contribution in [0.3, 0.4) is 0 Å². The van der Waals surface area contributed by atoms with Crippen molar-refractivity contribution in [2.24, 2.45) is 0 Å². The molecule has 0 saturated carbocycles. The maximum absolute atomic E-state index is 2.80. The Morgan fingerprint density at radius 3 is 0.907 bits per heavy atom. The van der Waals surface area contributed by atoms with E-state index >= 15 is 0 Å². The van der Waals surface area contributed by atoms with Gasteiger partial charge in [0, 0.05) is 0 Å². The van der Waals surface area contributed by atoms with Crippen molar-refractivity contribution in [3.8, 4) is 29.3 Å². The van der Waals surface area contributed by atoms with Crippen molar-refractivity contribution >= 4 is 87.9 Å². The molecule has 0 aliphatic heterocycles. The first-order valence-corrected chi connectivity index (χ1v) is 41.1. The molecule has 0 radical (unpaired) electrons. The van der Waals surface area contributed by atoms with E-state index in [-0.39, 0.29) is 0 Å². The molecule has 4 rings (SSSR count). The molecule has 0 amide bonds. The van der Waals surface area contributed by atoms with E-state index in [9.17, 15) is 0 Å². The molecule has 0 aromatic carbocycles. The summed E-state index contributed by atoms with van der Waals surface area (Å²) in [5.74, 6) is 0. The third-order valence-corrected chi connectivity index (χ3v) is 53.7. The molecule has 6 heteroatoms. The monoisotopic (exact) mass is 1020 g/mol. The average Bonchev–Trinajstić information content (AvgIpc) is 4.02. The summed E-state index contributed by atoms with van der Waals surface area (Å²) in [5.41, 5.74) is 3.36. The van der Waals surface area contributed by atoms with Crippen LogP contribution in [0.5, 0.6) is 0 Å². The molecule has 0 spiro atoms. The molecule has 4 heterocycles. The standard InChI is InChI=1S/C24H24S4.6C4H9.2Sn/c1-3-5-7-17-13-15-25-23(17)21-11-9-19(27-21)20-10-12-22(28-20)24-18(8-6-4-2)14-16-26-24;6*1-3-4-2;;/h9-14H,3-8H2,1-2H3;6*1,3-4H2,2H3;;. The summed E-state index contributed by atoms with van der Waals surface area (Å²) in [7, 11) is 0. The first kappa shape index (κ1) is 47.1. The van der Waals surface area contributed by atoms with Gasteiger partial charge in [-0.2, -0.15) is 0 Å². The molecule has 0 bridgehead atoms. The van der Waals surface area contributed by atoms with Crippen molar-refractivity contribution in [1.82, 2.24) is 0 Å². The van der Waals surface area contributed by atoms with Gasteiger partial charge in [-0.15, -0.1) is 0 Å². The van der Waals surface area contributed by atoms with Crippen LogP contribution in [0.2, 0.25) is 26.6 Å². The van der Waals surface area contributed by atoms with Crippen molar-refractivity contribution in [2.45, 2.75) is 198 Å². The van der Waals surface area contributed by atoms with Crippen LogP contribution in [-0.2, 0) is 12.8 Å². The average molecular weight is 1020 g/mol.